The van der Waals surface area contributed by atoms with E-state index in [1.165, 1.54) is 16.7 Å². The lowest BCUT2D eigenvalue weighted by Gasteiger charge is -2.31. The Morgan fingerprint density at radius 2 is 1.96 bits per heavy atom. The van der Waals surface area contributed by atoms with E-state index in [0.717, 1.165) is 38.8 Å². The lowest BCUT2D eigenvalue weighted by atomic mass is 9.87. The molecule has 0 atom stereocenters. The molecule has 0 unspecified atom stereocenters. The second kappa shape index (κ2) is 6.10. The van der Waals surface area contributed by atoms with E-state index in [9.17, 15) is 4.79 Å². The molecule has 2 saturated heterocycles. The van der Waals surface area contributed by atoms with Crippen molar-refractivity contribution >= 4 is 11.5 Å². The Bertz CT molecular complexity index is 631. The van der Waals surface area contributed by atoms with E-state index in [4.69, 9.17) is 9.47 Å². The number of benzene rings is 1. The number of rotatable bonds is 3. The van der Waals surface area contributed by atoms with Crippen molar-refractivity contribution in [2.45, 2.75) is 44.4 Å². The van der Waals surface area contributed by atoms with Crippen LogP contribution in [-0.4, -0.2) is 36.4 Å². The van der Waals surface area contributed by atoms with E-state index >= 15 is 0 Å². The minimum atomic E-state index is -0.372. The Hall–Kier alpha value is -1.65. The number of nitrogens with zero attached hydrogens (tertiary/aromatic N) is 1. The highest BCUT2D eigenvalue weighted by Gasteiger charge is 2.37. The van der Waals surface area contributed by atoms with Crippen LogP contribution in [0, 0.1) is 0 Å². The van der Waals surface area contributed by atoms with Crippen LogP contribution in [0.5, 0.6) is 0 Å². The van der Waals surface area contributed by atoms with Crippen molar-refractivity contribution in [2.24, 2.45) is 0 Å². The topological polar surface area (TPSA) is 38.8 Å². The molecule has 0 bridgehead atoms. The van der Waals surface area contributed by atoms with Gasteiger partial charge < -0.3 is 14.4 Å². The van der Waals surface area contributed by atoms with E-state index in [2.05, 4.69) is 30.3 Å². The van der Waals surface area contributed by atoms with Crippen LogP contribution in [0.4, 0.5) is 0 Å². The molecule has 1 spiro atoms. The summed E-state index contributed by atoms with van der Waals surface area (Å²) in [6, 6.07) is 8.47. The zero-order valence-corrected chi connectivity index (χ0v) is 13.4. The predicted octanol–water partition coefficient (Wildman–Crippen LogP) is 3.12. The van der Waals surface area contributed by atoms with Crippen LogP contribution in [0.1, 0.15) is 43.2 Å². The average Bonchev–Trinajstić information content (AvgIpc) is 3.19. The Morgan fingerprint density at radius 1 is 1.13 bits per heavy atom. The van der Waals surface area contributed by atoms with Gasteiger partial charge in [-0.25, -0.2) is 0 Å². The van der Waals surface area contributed by atoms with Gasteiger partial charge in [0.25, 0.3) is 0 Å². The van der Waals surface area contributed by atoms with Gasteiger partial charge in [-0.05, 0) is 29.5 Å². The summed E-state index contributed by atoms with van der Waals surface area (Å²) in [5.41, 5.74) is 3.88. The molecule has 3 aliphatic rings. The molecule has 0 aromatic heterocycles. The fraction of sp³-hybridized carbons (Fsp3) is 0.526. The van der Waals surface area contributed by atoms with Crippen molar-refractivity contribution < 1.29 is 14.3 Å². The number of hydrogen-bond donors (Lipinski definition) is 0. The van der Waals surface area contributed by atoms with Crippen LogP contribution in [0.3, 0.4) is 0 Å². The van der Waals surface area contributed by atoms with Gasteiger partial charge >= 0.3 is 0 Å². The van der Waals surface area contributed by atoms with Crippen molar-refractivity contribution in [1.29, 1.82) is 0 Å². The molecule has 1 aliphatic carbocycles. The Balaban J connectivity index is 1.55. The summed E-state index contributed by atoms with van der Waals surface area (Å²) < 4.78 is 11.6. The van der Waals surface area contributed by atoms with E-state index in [1.807, 2.05) is 4.90 Å². The molecule has 2 aliphatic heterocycles. The Labute approximate surface area is 137 Å². The van der Waals surface area contributed by atoms with E-state index in [-0.39, 0.29) is 11.7 Å². The lowest BCUT2D eigenvalue weighted by molar-refractivity contribution is -0.159. The van der Waals surface area contributed by atoms with Crippen molar-refractivity contribution in [1.82, 2.24) is 4.90 Å². The molecule has 1 amide bonds. The summed E-state index contributed by atoms with van der Waals surface area (Å²) in [6.45, 7) is 3.02. The number of allylic oxidation sites excluding steroid dienone is 1. The van der Waals surface area contributed by atoms with Crippen molar-refractivity contribution in [3.8, 4) is 0 Å². The van der Waals surface area contributed by atoms with Gasteiger partial charge in [-0.3, -0.25) is 4.79 Å². The number of ether oxygens (including phenoxy) is 2. The van der Waals surface area contributed by atoms with Gasteiger partial charge in [-0.2, -0.15) is 0 Å². The highest BCUT2D eigenvalue weighted by molar-refractivity contribution is 5.78. The molecule has 122 valence electrons. The highest BCUT2D eigenvalue weighted by Crippen LogP contribution is 2.39. The van der Waals surface area contributed by atoms with Crippen molar-refractivity contribution in [3.05, 3.63) is 41.5 Å². The van der Waals surface area contributed by atoms with Gasteiger partial charge in [-0.1, -0.05) is 30.3 Å². The first-order valence-electron chi connectivity index (χ1n) is 8.59. The quantitative estimate of drug-likeness (QED) is 0.860. The maximum atomic E-state index is 11.9. The minimum absolute atomic E-state index is 0.282. The molecule has 23 heavy (non-hydrogen) atoms. The third kappa shape index (κ3) is 2.93. The zero-order chi connectivity index (χ0) is 15.7. The first kappa shape index (κ1) is 14.9. The smallest absolute Gasteiger partial charge is 0.222 e. The van der Waals surface area contributed by atoms with E-state index < -0.39 is 0 Å². The number of amides is 1. The monoisotopic (exact) mass is 313 g/mol. The van der Waals surface area contributed by atoms with Crippen molar-refractivity contribution in [2.75, 3.05) is 19.8 Å². The minimum Gasteiger partial charge on any atom is -0.347 e. The van der Waals surface area contributed by atoms with Crippen LogP contribution in [-0.2, 0) is 20.8 Å². The first-order valence-corrected chi connectivity index (χ1v) is 8.59. The van der Waals surface area contributed by atoms with Crippen LogP contribution in [0.2, 0.25) is 0 Å². The zero-order valence-electron chi connectivity index (χ0n) is 13.4. The summed E-state index contributed by atoms with van der Waals surface area (Å²) in [5, 5.41) is 0. The summed E-state index contributed by atoms with van der Waals surface area (Å²) in [7, 11) is 0. The summed E-state index contributed by atoms with van der Waals surface area (Å²) in [6.07, 6.45) is 6.64. The average molecular weight is 313 g/mol. The molecular formula is C19H23NO3. The summed E-state index contributed by atoms with van der Waals surface area (Å²) in [5.74, 6) is -0.0901. The maximum Gasteiger partial charge on any atom is 0.222 e. The summed E-state index contributed by atoms with van der Waals surface area (Å²) in [4.78, 5) is 13.9. The first-order chi connectivity index (χ1) is 11.3. The van der Waals surface area contributed by atoms with Gasteiger partial charge in [0.15, 0.2) is 5.79 Å². The predicted molar refractivity (Wildman–Crippen MR) is 87.6 cm³/mol. The molecule has 0 saturated carbocycles. The number of likely N-dealkylation sites (tertiary alicyclic amines) is 1. The molecule has 1 aromatic rings. The standard InChI is InChI=1S/C19H23NO3/c21-18-6-3-11-20(18)14-16-4-1-2-5-17(16)15-7-9-19(10-8-15)22-12-13-23-19/h1-2,4-5,7H,3,6,8-14H2. The van der Waals surface area contributed by atoms with Crippen LogP contribution < -0.4 is 0 Å². The van der Waals surface area contributed by atoms with Gasteiger partial charge in [0, 0.05) is 32.4 Å². The number of carbonyl (C=O) groups excluding carboxylic acids is 1. The third-order valence-corrected chi connectivity index (χ3v) is 5.14. The fourth-order valence-corrected chi connectivity index (χ4v) is 3.86. The molecule has 0 radical (unpaired) electrons. The lowest BCUT2D eigenvalue weighted by Crippen LogP contribution is -2.31. The largest absolute Gasteiger partial charge is 0.347 e. The molecule has 4 nitrogen and oxygen atoms in total. The number of carbonyl (C=O) groups is 1. The number of hydrogen-bond acceptors (Lipinski definition) is 3. The van der Waals surface area contributed by atoms with Crippen LogP contribution in [0.25, 0.3) is 5.57 Å². The molecule has 4 rings (SSSR count). The molecular weight excluding hydrogens is 290 g/mol. The third-order valence-electron chi connectivity index (χ3n) is 5.14. The Kier molecular flexibility index (Phi) is 3.95. The van der Waals surface area contributed by atoms with E-state index in [1.54, 1.807) is 0 Å². The molecule has 0 N–H and O–H groups in total. The molecule has 2 fully saturated rings. The SMILES string of the molecule is O=C1CCCN1Cc1ccccc1C1=CCC2(CC1)OCCO2. The molecule has 2 heterocycles. The van der Waals surface area contributed by atoms with Crippen molar-refractivity contribution in [3.63, 3.8) is 0 Å². The van der Waals surface area contributed by atoms with Gasteiger partial charge in [0.1, 0.15) is 0 Å². The summed E-state index contributed by atoms with van der Waals surface area (Å²) >= 11 is 0. The highest BCUT2D eigenvalue weighted by atomic mass is 16.7. The molecule has 4 heteroatoms. The second-order valence-corrected chi connectivity index (χ2v) is 6.62. The second-order valence-electron chi connectivity index (χ2n) is 6.62. The van der Waals surface area contributed by atoms with E-state index in [0.29, 0.717) is 19.6 Å². The maximum absolute atomic E-state index is 11.9. The van der Waals surface area contributed by atoms with Gasteiger partial charge in [-0.15, -0.1) is 0 Å². The fourth-order valence-electron chi connectivity index (χ4n) is 3.86. The van der Waals surface area contributed by atoms with Gasteiger partial charge in [0.05, 0.1) is 13.2 Å². The normalized spacial score (nSPS) is 23.6. The van der Waals surface area contributed by atoms with Crippen LogP contribution in [0.15, 0.2) is 30.3 Å². The molecule has 1 aromatic carbocycles. The van der Waals surface area contributed by atoms with Gasteiger partial charge in [0.2, 0.25) is 5.91 Å². The Morgan fingerprint density at radius 3 is 2.65 bits per heavy atom. The van der Waals surface area contributed by atoms with Crippen LogP contribution >= 0.6 is 0 Å².